The number of rotatable bonds is 1. The monoisotopic (exact) mass is 308 g/mol. The number of halogens is 3. The Bertz CT molecular complexity index is 661. The van der Waals surface area contributed by atoms with Crippen LogP contribution in [0.4, 0.5) is 13.2 Å². The van der Waals surface area contributed by atoms with E-state index in [4.69, 9.17) is 0 Å². The lowest BCUT2D eigenvalue weighted by atomic mass is 9.98. The van der Waals surface area contributed by atoms with Gasteiger partial charge in [-0.05, 0) is 49.5 Å². The fourth-order valence-corrected chi connectivity index (χ4v) is 2.24. The van der Waals surface area contributed by atoms with Gasteiger partial charge in [-0.3, -0.25) is 0 Å². The molecule has 22 heavy (non-hydrogen) atoms. The van der Waals surface area contributed by atoms with E-state index >= 15 is 0 Å². The SMILES string of the molecule is COC(=O)c1ccc(C(F)(F)F)c(C#CC2=CCCCC2)c1. The summed E-state index contributed by atoms with van der Waals surface area (Å²) in [5.74, 6) is 4.67. The zero-order valence-corrected chi connectivity index (χ0v) is 12.1. The molecule has 0 aliphatic heterocycles. The summed E-state index contributed by atoms with van der Waals surface area (Å²) in [7, 11) is 1.18. The minimum Gasteiger partial charge on any atom is -0.465 e. The van der Waals surface area contributed by atoms with Crippen molar-refractivity contribution in [2.24, 2.45) is 0 Å². The van der Waals surface area contributed by atoms with Crippen LogP contribution in [0.3, 0.4) is 0 Å². The second-order valence-corrected chi connectivity index (χ2v) is 4.97. The number of ether oxygens (including phenoxy) is 1. The molecular weight excluding hydrogens is 293 g/mol. The number of methoxy groups -OCH3 is 1. The van der Waals surface area contributed by atoms with Gasteiger partial charge in [0.1, 0.15) is 0 Å². The van der Waals surface area contributed by atoms with E-state index in [9.17, 15) is 18.0 Å². The highest BCUT2D eigenvalue weighted by Crippen LogP contribution is 2.32. The molecule has 0 heterocycles. The number of carbonyl (C=O) groups excluding carboxylic acids is 1. The molecule has 0 radical (unpaired) electrons. The van der Waals surface area contributed by atoms with Gasteiger partial charge in [0.15, 0.2) is 0 Å². The van der Waals surface area contributed by atoms with Crippen LogP contribution in [0.1, 0.15) is 47.2 Å². The molecule has 0 saturated carbocycles. The minimum absolute atomic E-state index is 0.0532. The summed E-state index contributed by atoms with van der Waals surface area (Å²) in [6.45, 7) is 0. The molecule has 0 unspecified atom stereocenters. The van der Waals surface area contributed by atoms with Crippen molar-refractivity contribution in [3.63, 3.8) is 0 Å². The average molecular weight is 308 g/mol. The molecule has 1 aliphatic carbocycles. The third-order valence-corrected chi connectivity index (χ3v) is 3.39. The van der Waals surface area contributed by atoms with Gasteiger partial charge < -0.3 is 4.74 Å². The van der Waals surface area contributed by atoms with Gasteiger partial charge in [0.25, 0.3) is 0 Å². The van der Waals surface area contributed by atoms with E-state index in [1.807, 2.05) is 6.08 Å². The lowest BCUT2D eigenvalue weighted by Crippen LogP contribution is -2.10. The normalized spacial score (nSPS) is 14.6. The molecule has 1 aromatic rings. The Balaban J connectivity index is 2.43. The van der Waals surface area contributed by atoms with Gasteiger partial charge in [0, 0.05) is 5.56 Å². The van der Waals surface area contributed by atoms with Gasteiger partial charge in [-0.1, -0.05) is 17.9 Å². The van der Waals surface area contributed by atoms with Gasteiger partial charge in [0.2, 0.25) is 0 Å². The van der Waals surface area contributed by atoms with Gasteiger partial charge >= 0.3 is 12.1 Å². The molecule has 0 spiro atoms. The summed E-state index contributed by atoms with van der Waals surface area (Å²) in [5, 5.41) is 0. The first-order valence-electron chi connectivity index (χ1n) is 6.92. The van der Waals surface area contributed by atoms with Crippen LogP contribution in [-0.2, 0) is 10.9 Å². The first kappa shape index (κ1) is 16.2. The van der Waals surface area contributed by atoms with Crippen LogP contribution >= 0.6 is 0 Å². The third-order valence-electron chi connectivity index (χ3n) is 3.39. The van der Waals surface area contributed by atoms with Gasteiger partial charge in [-0.25, -0.2) is 4.79 Å². The largest absolute Gasteiger partial charge is 0.465 e. The van der Waals surface area contributed by atoms with Crippen molar-refractivity contribution in [1.82, 2.24) is 0 Å². The number of hydrogen-bond acceptors (Lipinski definition) is 2. The summed E-state index contributed by atoms with van der Waals surface area (Å²) in [5.41, 5.74) is -0.147. The van der Waals surface area contributed by atoms with E-state index in [0.717, 1.165) is 49.5 Å². The Kier molecular flexibility index (Phi) is 4.92. The Morgan fingerprint density at radius 3 is 2.59 bits per heavy atom. The van der Waals surface area contributed by atoms with E-state index < -0.39 is 17.7 Å². The molecule has 5 heteroatoms. The fraction of sp³-hybridized carbons (Fsp3) is 0.353. The quantitative estimate of drug-likeness (QED) is 0.570. The van der Waals surface area contributed by atoms with E-state index in [1.165, 1.54) is 7.11 Å². The highest BCUT2D eigenvalue weighted by molar-refractivity contribution is 5.90. The molecule has 0 amide bonds. The molecule has 0 saturated heterocycles. The van der Waals surface area contributed by atoms with Crippen molar-refractivity contribution in [3.8, 4) is 11.8 Å². The summed E-state index contributed by atoms with van der Waals surface area (Å²) in [6, 6.07) is 3.09. The van der Waals surface area contributed by atoms with Crippen molar-refractivity contribution >= 4 is 5.97 Å². The maximum absolute atomic E-state index is 13.0. The molecule has 2 nitrogen and oxygen atoms in total. The topological polar surface area (TPSA) is 26.3 Å². The number of hydrogen-bond donors (Lipinski definition) is 0. The Hall–Kier alpha value is -2.22. The molecule has 116 valence electrons. The van der Waals surface area contributed by atoms with Crippen LogP contribution in [0, 0.1) is 11.8 Å². The molecule has 0 atom stereocenters. The summed E-state index contributed by atoms with van der Waals surface area (Å²) in [4.78, 5) is 11.5. The lowest BCUT2D eigenvalue weighted by molar-refractivity contribution is -0.137. The van der Waals surface area contributed by atoms with Gasteiger partial charge in [-0.15, -0.1) is 0 Å². The molecule has 0 aromatic heterocycles. The van der Waals surface area contributed by atoms with Crippen molar-refractivity contribution in [3.05, 3.63) is 46.5 Å². The maximum Gasteiger partial charge on any atom is 0.417 e. The Labute approximate surface area is 127 Å². The van der Waals surface area contributed by atoms with Gasteiger partial charge in [0.05, 0.1) is 18.2 Å². The summed E-state index contributed by atoms with van der Waals surface area (Å²) in [6.07, 6.45) is 1.20. The Morgan fingerprint density at radius 2 is 2.00 bits per heavy atom. The van der Waals surface area contributed by atoms with E-state index in [1.54, 1.807) is 0 Å². The van der Waals surface area contributed by atoms with Crippen LogP contribution in [0.15, 0.2) is 29.8 Å². The predicted octanol–water partition coefficient (Wildman–Crippen LogP) is 4.34. The van der Waals surface area contributed by atoms with E-state index in [0.29, 0.717) is 0 Å². The summed E-state index contributed by atoms with van der Waals surface area (Å²) < 4.78 is 43.6. The van der Waals surface area contributed by atoms with Crippen LogP contribution in [0.2, 0.25) is 0 Å². The molecule has 1 aromatic carbocycles. The van der Waals surface area contributed by atoms with E-state index in [2.05, 4.69) is 16.6 Å². The predicted molar refractivity (Wildman–Crippen MR) is 76.2 cm³/mol. The zero-order chi connectivity index (χ0) is 16.2. The molecule has 2 rings (SSSR count). The van der Waals surface area contributed by atoms with Crippen LogP contribution in [0.25, 0.3) is 0 Å². The fourth-order valence-electron chi connectivity index (χ4n) is 2.24. The van der Waals surface area contributed by atoms with Crippen molar-refractivity contribution in [2.45, 2.75) is 31.9 Å². The molecule has 0 N–H and O–H groups in total. The second kappa shape index (κ2) is 6.69. The number of carbonyl (C=O) groups is 1. The number of allylic oxidation sites excluding steroid dienone is 2. The number of alkyl halides is 3. The summed E-state index contributed by atoms with van der Waals surface area (Å²) >= 11 is 0. The van der Waals surface area contributed by atoms with Crippen LogP contribution in [-0.4, -0.2) is 13.1 Å². The first-order chi connectivity index (χ1) is 10.4. The average Bonchev–Trinajstić information content (AvgIpc) is 2.52. The first-order valence-corrected chi connectivity index (χ1v) is 6.92. The smallest absolute Gasteiger partial charge is 0.417 e. The second-order valence-electron chi connectivity index (χ2n) is 4.97. The van der Waals surface area contributed by atoms with Crippen molar-refractivity contribution < 1.29 is 22.7 Å². The molecular formula is C17H15F3O2. The lowest BCUT2D eigenvalue weighted by Gasteiger charge is -2.10. The highest BCUT2D eigenvalue weighted by Gasteiger charge is 2.33. The molecule has 0 bridgehead atoms. The van der Waals surface area contributed by atoms with Crippen molar-refractivity contribution in [1.29, 1.82) is 0 Å². The zero-order valence-electron chi connectivity index (χ0n) is 12.1. The molecule has 0 fully saturated rings. The van der Waals surface area contributed by atoms with Gasteiger partial charge in [-0.2, -0.15) is 13.2 Å². The highest BCUT2D eigenvalue weighted by atomic mass is 19.4. The van der Waals surface area contributed by atoms with Crippen molar-refractivity contribution in [2.75, 3.05) is 7.11 Å². The maximum atomic E-state index is 13.0. The Morgan fingerprint density at radius 1 is 1.23 bits per heavy atom. The molecule has 1 aliphatic rings. The minimum atomic E-state index is -4.51. The van der Waals surface area contributed by atoms with Crippen LogP contribution in [0.5, 0.6) is 0 Å². The van der Waals surface area contributed by atoms with E-state index in [-0.39, 0.29) is 11.1 Å². The number of benzene rings is 1. The third kappa shape index (κ3) is 3.91. The standard InChI is InChI=1S/C17H15F3O2/c1-22-16(21)14-9-10-15(17(18,19)20)13(11-14)8-7-12-5-3-2-4-6-12/h5,9-11H,2-4,6H2,1H3. The van der Waals surface area contributed by atoms with Crippen LogP contribution < -0.4 is 0 Å². The number of esters is 1.